The lowest BCUT2D eigenvalue weighted by molar-refractivity contribution is 0.169. The van der Waals surface area contributed by atoms with E-state index >= 15 is 0 Å². The monoisotopic (exact) mass is 271 g/mol. The minimum atomic E-state index is 0.605. The van der Waals surface area contributed by atoms with Crippen molar-refractivity contribution in [2.75, 3.05) is 13.2 Å². The molecule has 2 heterocycles. The molecule has 20 heavy (non-hydrogen) atoms. The van der Waals surface area contributed by atoms with Crippen molar-refractivity contribution in [3.63, 3.8) is 0 Å². The molecule has 5 nitrogen and oxygen atoms in total. The van der Waals surface area contributed by atoms with Crippen molar-refractivity contribution in [2.24, 2.45) is 0 Å². The fourth-order valence-electron chi connectivity index (χ4n) is 2.11. The first-order valence-corrected chi connectivity index (χ1v) is 6.68. The molecule has 1 aliphatic heterocycles. The molecule has 0 amide bonds. The minimum Gasteiger partial charge on any atom is -0.486 e. The summed E-state index contributed by atoms with van der Waals surface area (Å²) in [6.45, 7) is 4.54. The van der Waals surface area contributed by atoms with E-state index < -0.39 is 0 Å². The standard InChI is InChI=1S/C15H17N3O2/c1-11-7-18-13(10-17-11)9-16-8-12-3-2-4-14-15(12)20-6-5-19-14/h2-4,7,10,16H,5-6,8-9H2,1H3. The summed E-state index contributed by atoms with van der Waals surface area (Å²) in [5.74, 6) is 1.67. The maximum atomic E-state index is 5.68. The Labute approximate surface area is 118 Å². The second-order valence-electron chi connectivity index (χ2n) is 4.69. The molecule has 3 rings (SSSR count). The van der Waals surface area contributed by atoms with Crippen LogP contribution < -0.4 is 14.8 Å². The number of fused-ring (bicyclic) bond motifs is 1. The summed E-state index contributed by atoms with van der Waals surface area (Å²) in [5, 5.41) is 3.35. The summed E-state index contributed by atoms with van der Waals surface area (Å²) in [7, 11) is 0. The van der Waals surface area contributed by atoms with Gasteiger partial charge in [0.2, 0.25) is 0 Å². The van der Waals surface area contributed by atoms with Gasteiger partial charge in [0.25, 0.3) is 0 Å². The maximum Gasteiger partial charge on any atom is 0.165 e. The van der Waals surface area contributed by atoms with Gasteiger partial charge in [0, 0.05) is 31.0 Å². The highest BCUT2D eigenvalue weighted by atomic mass is 16.6. The predicted octanol–water partition coefficient (Wildman–Crippen LogP) is 1.85. The molecule has 0 unspecified atom stereocenters. The van der Waals surface area contributed by atoms with Crippen LogP contribution in [0.4, 0.5) is 0 Å². The van der Waals surface area contributed by atoms with Crippen molar-refractivity contribution in [2.45, 2.75) is 20.0 Å². The summed E-state index contributed by atoms with van der Waals surface area (Å²) in [5.41, 5.74) is 2.95. The topological polar surface area (TPSA) is 56.3 Å². The molecule has 104 valence electrons. The van der Waals surface area contributed by atoms with Crippen LogP contribution in [0.25, 0.3) is 0 Å². The number of rotatable bonds is 4. The lowest BCUT2D eigenvalue weighted by atomic mass is 10.1. The van der Waals surface area contributed by atoms with Crippen LogP contribution in [-0.2, 0) is 13.1 Å². The van der Waals surface area contributed by atoms with Crippen molar-refractivity contribution >= 4 is 0 Å². The van der Waals surface area contributed by atoms with E-state index in [9.17, 15) is 0 Å². The Morgan fingerprint density at radius 3 is 2.85 bits per heavy atom. The molecule has 0 fully saturated rings. The van der Waals surface area contributed by atoms with Crippen LogP contribution in [0.15, 0.2) is 30.6 Å². The molecule has 0 aliphatic carbocycles. The predicted molar refractivity (Wildman–Crippen MR) is 74.7 cm³/mol. The Morgan fingerprint density at radius 1 is 1.10 bits per heavy atom. The number of nitrogens with one attached hydrogen (secondary N) is 1. The number of aromatic nitrogens is 2. The Morgan fingerprint density at radius 2 is 2.00 bits per heavy atom. The molecule has 0 radical (unpaired) electrons. The van der Waals surface area contributed by atoms with Gasteiger partial charge >= 0.3 is 0 Å². The van der Waals surface area contributed by atoms with E-state index in [1.165, 1.54) is 0 Å². The van der Waals surface area contributed by atoms with Gasteiger partial charge in [0.1, 0.15) is 13.2 Å². The molecule has 0 atom stereocenters. The zero-order valence-corrected chi connectivity index (χ0v) is 11.4. The smallest absolute Gasteiger partial charge is 0.165 e. The molecule has 0 bridgehead atoms. The summed E-state index contributed by atoms with van der Waals surface area (Å²) >= 11 is 0. The summed E-state index contributed by atoms with van der Waals surface area (Å²) in [4.78, 5) is 8.54. The lowest BCUT2D eigenvalue weighted by Gasteiger charge is -2.21. The van der Waals surface area contributed by atoms with Crippen LogP contribution in [0, 0.1) is 6.92 Å². The van der Waals surface area contributed by atoms with E-state index in [0.717, 1.165) is 28.5 Å². The van der Waals surface area contributed by atoms with E-state index in [2.05, 4.69) is 15.3 Å². The molecule has 1 N–H and O–H groups in total. The zero-order valence-electron chi connectivity index (χ0n) is 11.4. The number of hydrogen-bond acceptors (Lipinski definition) is 5. The highest BCUT2D eigenvalue weighted by Crippen LogP contribution is 2.33. The third-order valence-corrected chi connectivity index (χ3v) is 3.10. The number of benzene rings is 1. The number of para-hydroxylation sites is 1. The van der Waals surface area contributed by atoms with E-state index in [4.69, 9.17) is 9.47 Å². The minimum absolute atomic E-state index is 0.605. The second kappa shape index (κ2) is 5.88. The summed E-state index contributed by atoms with van der Waals surface area (Å²) in [6, 6.07) is 5.96. The number of ether oxygens (including phenoxy) is 2. The largest absolute Gasteiger partial charge is 0.486 e. The van der Waals surface area contributed by atoms with Crippen LogP contribution in [0.1, 0.15) is 17.0 Å². The average Bonchev–Trinajstić information content (AvgIpc) is 2.49. The highest BCUT2D eigenvalue weighted by Gasteiger charge is 2.14. The molecule has 2 aromatic rings. The molecule has 1 aliphatic rings. The Kier molecular flexibility index (Phi) is 3.78. The van der Waals surface area contributed by atoms with Gasteiger partial charge in [-0.1, -0.05) is 12.1 Å². The first kappa shape index (κ1) is 12.9. The molecule has 5 heteroatoms. The number of nitrogens with zero attached hydrogens (tertiary/aromatic N) is 2. The molecule has 1 aromatic heterocycles. The normalized spacial score (nSPS) is 13.2. The summed E-state index contributed by atoms with van der Waals surface area (Å²) in [6.07, 6.45) is 3.57. The van der Waals surface area contributed by atoms with Gasteiger partial charge in [-0.3, -0.25) is 9.97 Å². The molecule has 1 aromatic carbocycles. The second-order valence-corrected chi connectivity index (χ2v) is 4.69. The molecule has 0 saturated carbocycles. The molecular weight excluding hydrogens is 254 g/mol. The van der Waals surface area contributed by atoms with Crippen LogP contribution >= 0.6 is 0 Å². The van der Waals surface area contributed by atoms with Crippen molar-refractivity contribution in [1.29, 1.82) is 0 Å². The van der Waals surface area contributed by atoms with Gasteiger partial charge in [-0.15, -0.1) is 0 Å². The molecule has 0 spiro atoms. The van der Waals surface area contributed by atoms with E-state index in [0.29, 0.717) is 26.3 Å². The van der Waals surface area contributed by atoms with Crippen LogP contribution in [0.2, 0.25) is 0 Å². The van der Waals surface area contributed by atoms with Gasteiger partial charge in [-0.2, -0.15) is 0 Å². The fraction of sp³-hybridized carbons (Fsp3) is 0.333. The number of aryl methyl sites for hydroxylation is 1. The first-order valence-electron chi connectivity index (χ1n) is 6.68. The first-order chi connectivity index (χ1) is 9.83. The van der Waals surface area contributed by atoms with Gasteiger partial charge in [-0.25, -0.2) is 0 Å². The van der Waals surface area contributed by atoms with Crippen molar-refractivity contribution in [1.82, 2.24) is 15.3 Å². The van der Waals surface area contributed by atoms with Crippen molar-refractivity contribution in [3.8, 4) is 11.5 Å². The van der Waals surface area contributed by atoms with Crippen LogP contribution in [0.3, 0.4) is 0 Å². The van der Waals surface area contributed by atoms with Crippen molar-refractivity contribution < 1.29 is 9.47 Å². The Bertz CT molecular complexity index is 584. The van der Waals surface area contributed by atoms with Crippen molar-refractivity contribution in [3.05, 3.63) is 47.5 Å². The van der Waals surface area contributed by atoms with Gasteiger partial charge in [0.05, 0.1) is 11.4 Å². The van der Waals surface area contributed by atoms with Crippen LogP contribution in [0.5, 0.6) is 11.5 Å². The third-order valence-electron chi connectivity index (χ3n) is 3.10. The van der Waals surface area contributed by atoms with Gasteiger partial charge < -0.3 is 14.8 Å². The summed E-state index contributed by atoms with van der Waals surface area (Å²) < 4.78 is 11.2. The van der Waals surface area contributed by atoms with Gasteiger partial charge in [0.15, 0.2) is 11.5 Å². The zero-order chi connectivity index (χ0) is 13.8. The van der Waals surface area contributed by atoms with Crippen LogP contribution in [-0.4, -0.2) is 23.2 Å². The van der Waals surface area contributed by atoms with Gasteiger partial charge in [-0.05, 0) is 13.0 Å². The Hall–Kier alpha value is -2.14. The lowest BCUT2D eigenvalue weighted by Crippen LogP contribution is -2.19. The fourth-order valence-corrected chi connectivity index (χ4v) is 2.11. The quantitative estimate of drug-likeness (QED) is 0.919. The average molecular weight is 271 g/mol. The maximum absolute atomic E-state index is 5.68. The van der Waals surface area contributed by atoms with E-state index in [1.54, 1.807) is 12.4 Å². The number of hydrogen-bond donors (Lipinski definition) is 1. The molecule has 0 saturated heterocycles. The van der Waals surface area contributed by atoms with E-state index in [-0.39, 0.29) is 0 Å². The highest BCUT2D eigenvalue weighted by molar-refractivity contribution is 5.47. The third kappa shape index (κ3) is 2.88. The van der Waals surface area contributed by atoms with E-state index in [1.807, 2.05) is 25.1 Å². The Balaban J connectivity index is 1.62. The SMILES string of the molecule is Cc1cnc(CNCc2cccc3c2OCCO3)cn1. The molecular formula is C15H17N3O2.